The zero-order chi connectivity index (χ0) is 20.4. The molecule has 0 aliphatic carbocycles. The number of benzene rings is 2. The molecule has 0 bridgehead atoms. The highest BCUT2D eigenvalue weighted by Gasteiger charge is 2.27. The Hall–Kier alpha value is -1.41. The summed E-state index contributed by atoms with van der Waals surface area (Å²) in [6.45, 7) is 1.91. The number of fused-ring (bicyclic) bond motifs is 1. The van der Waals surface area contributed by atoms with Gasteiger partial charge in [-0.1, -0.05) is 47.5 Å². The summed E-state index contributed by atoms with van der Waals surface area (Å²) < 4.78 is 28.5. The lowest BCUT2D eigenvalue weighted by molar-refractivity contribution is 0.181. The van der Waals surface area contributed by atoms with Crippen molar-refractivity contribution in [2.75, 3.05) is 13.1 Å². The Morgan fingerprint density at radius 2 is 1.90 bits per heavy atom. The van der Waals surface area contributed by atoms with Crippen molar-refractivity contribution < 1.29 is 8.42 Å². The van der Waals surface area contributed by atoms with Crippen LogP contribution in [0.3, 0.4) is 0 Å². The van der Waals surface area contributed by atoms with Crippen LogP contribution in [0.2, 0.25) is 10.0 Å². The van der Waals surface area contributed by atoms with E-state index in [1.807, 2.05) is 11.4 Å². The van der Waals surface area contributed by atoms with Crippen LogP contribution in [-0.4, -0.2) is 26.4 Å². The summed E-state index contributed by atoms with van der Waals surface area (Å²) in [7, 11) is -3.79. The number of sulfonamides is 1. The molecule has 0 spiro atoms. The third kappa shape index (κ3) is 4.68. The molecule has 0 amide bonds. The van der Waals surface area contributed by atoms with Crippen molar-refractivity contribution in [3.05, 3.63) is 86.0 Å². The van der Waals surface area contributed by atoms with Crippen LogP contribution in [-0.2, 0) is 23.0 Å². The number of hydrogen-bond acceptors (Lipinski definition) is 4. The molecule has 4 rings (SSSR count). The van der Waals surface area contributed by atoms with Gasteiger partial charge in [0.15, 0.2) is 0 Å². The fourth-order valence-electron chi connectivity index (χ4n) is 3.66. The van der Waals surface area contributed by atoms with E-state index in [0.717, 1.165) is 25.1 Å². The summed E-state index contributed by atoms with van der Waals surface area (Å²) in [5.41, 5.74) is 3.76. The molecular formula is C21H20Cl2N2O2S2. The summed E-state index contributed by atoms with van der Waals surface area (Å²) >= 11 is 13.7. The molecule has 1 aliphatic heterocycles. The number of halogens is 2. The van der Waals surface area contributed by atoms with E-state index >= 15 is 0 Å². The van der Waals surface area contributed by atoms with Gasteiger partial charge in [0.1, 0.15) is 4.90 Å². The molecule has 1 aliphatic rings. The lowest BCUT2D eigenvalue weighted by Gasteiger charge is -2.35. The van der Waals surface area contributed by atoms with E-state index in [4.69, 9.17) is 23.2 Å². The average Bonchev–Trinajstić information content (AvgIpc) is 3.24. The van der Waals surface area contributed by atoms with Gasteiger partial charge in [-0.25, -0.2) is 13.1 Å². The molecule has 0 saturated carbocycles. The number of thiophene rings is 1. The summed E-state index contributed by atoms with van der Waals surface area (Å²) in [6, 6.07) is 14.8. The largest absolute Gasteiger partial charge is 0.290 e. The van der Waals surface area contributed by atoms with Crippen molar-refractivity contribution in [1.29, 1.82) is 0 Å². The van der Waals surface area contributed by atoms with Gasteiger partial charge in [-0.2, -0.15) is 11.3 Å². The highest BCUT2D eigenvalue weighted by molar-refractivity contribution is 7.89. The van der Waals surface area contributed by atoms with Gasteiger partial charge in [-0.3, -0.25) is 4.90 Å². The Labute approximate surface area is 185 Å². The second-order valence-corrected chi connectivity index (χ2v) is 10.3. The van der Waals surface area contributed by atoms with Gasteiger partial charge in [-0.05, 0) is 58.1 Å². The molecule has 8 heteroatoms. The number of nitrogens with one attached hydrogen (secondary N) is 1. The van der Waals surface area contributed by atoms with E-state index in [0.29, 0.717) is 5.02 Å². The van der Waals surface area contributed by atoms with Crippen molar-refractivity contribution >= 4 is 44.6 Å². The molecule has 29 heavy (non-hydrogen) atoms. The van der Waals surface area contributed by atoms with Crippen molar-refractivity contribution in [3.63, 3.8) is 0 Å². The Bertz CT molecular complexity index is 1100. The Morgan fingerprint density at radius 1 is 1.10 bits per heavy atom. The van der Waals surface area contributed by atoms with E-state index < -0.39 is 10.0 Å². The van der Waals surface area contributed by atoms with Gasteiger partial charge >= 0.3 is 0 Å². The molecule has 0 saturated heterocycles. The molecule has 0 fully saturated rings. The Kier molecular flexibility index (Phi) is 6.30. The van der Waals surface area contributed by atoms with E-state index in [-0.39, 0.29) is 22.5 Å². The Morgan fingerprint density at radius 3 is 2.66 bits per heavy atom. The third-order valence-corrected chi connectivity index (χ3v) is 8.02. The summed E-state index contributed by atoms with van der Waals surface area (Å²) in [5.74, 6) is 0. The maximum atomic E-state index is 12.9. The van der Waals surface area contributed by atoms with Gasteiger partial charge in [-0.15, -0.1) is 0 Å². The van der Waals surface area contributed by atoms with Crippen LogP contribution in [0.25, 0.3) is 0 Å². The highest BCUT2D eigenvalue weighted by atomic mass is 35.5. The summed E-state index contributed by atoms with van der Waals surface area (Å²) in [6.07, 6.45) is 0.948. The lowest BCUT2D eigenvalue weighted by Crippen LogP contribution is -2.40. The molecule has 1 unspecified atom stereocenters. The van der Waals surface area contributed by atoms with Gasteiger partial charge in [0.2, 0.25) is 10.0 Å². The maximum Gasteiger partial charge on any atom is 0.242 e. The minimum atomic E-state index is -3.79. The van der Waals surface area contributed by atoms with Crippen LogP contribution >= 0.6 is 34.5 Å². The van der Waals surface area contributed by atoms with E-state index in [2.05, 4.69) is 39.3 Å². The van der Waals surface area contributed by atoms with E-state index in [9.17, 15) is 8.42 Å². The zero-order valence-electron chi connectivity index (χ0n) is 15.5. The van der Waals surface area contributed by atoms with Crippen LogP contribution in [0.15, 0.2) is 64.2 Å². The number of rotatable bonds is 6. The van der Waals surface area contributed by atoms with Crippen LogP contribution in [0.1, 0.15) is 22.7 Å². The smallest absolute Gasteiger partial charge is 0.242 e. The van der Waals surface area contributed by atoms with Crippen LogP contribution < -0.4 is 4.72 Å². The second kappa shape index (κ2) is 8.76. The van der Waals surface area contributed by atoms with Crippen molar-refractivity contribution in [2.24, 2.45) is 0 Å². The van der Waals surface area contributed by atoms with E-state index in [1.165, 1.54) is 23.3 Å². The molecule has 3 aromatic rings. The van der Waals surface area contributed by atoms with Crippen molar-refractivity contribution in [1.82, 2.24) is 9.62 Å². The van der Waals surface area contributed by atoms with Gasteiger partial charge in [0.05, 0.1) is 5.02 Å². The first-order valence-electron chi connectivity index (χ1n) is 9.22. The molecule has 2 aromatic carbocycles. The maximum absolute atomic E-state index is 12.9. The monoisotopic (exact) mass is 466 g/mol. The lowest BCUT2D eigenvalue weighted by atomic mass is 9.97. The number of nitrogens with zero attached hydrogens (tertiary/aromatic N) is 1. The van der Waals surface area contributed by atoms with Crippen LogP contribution in [0, 0.1) is 0 Å². The topological polar surface area (TPSA) is 49.4 Å². The second-order valence-electron chi connectivity index (χ2n) is 6.99. The van der Waals surface area contributed by atoms with Crippen LogP contribution in [0.4, 0.5) is 0 Å². The summed E-state index contributed by atoms with van der Waals surface area (Å²) in [5, 5.41) is 4.58. The molecular weight excluding hydrogens is 447 g/mol. The first kappa shape index (κ1) is 20.8. The van der Waals surface area contributed by atoms with E-state index in [1.54, 1.807) is 17.4 Å². The first-order valence-corrected chi connectivity index (χ1v) is 12.4. The normalized spacial score (nSPS) is 15.8. The van der Waals surface area contributed by atoms with Gasteiger partial charge in [0.25, 0.3) is 0 Å². The average molecular weight is 467 g/mol. The molecule has 1 N–H and O–H groups in total. The summed E-state index contributed by atoms with van der Waals surface area (Å²) in [4.78, 5) is 2.33. The predicted molar refractivity (Wildman–Crippen MR) is 119 cm³/mol. The van der Waals surface area contributed by atoms with Crippen molar-refractivity contribution in [3.8, 4) is 0 Å². The molecule has 1 aromatic heterocycles. The van der Waals surface area contributed by atoms with Gasteiger partial charge in [0, 0.05) is 30.7 Å². The van der Waals surface area contributed by atoms with Crippen molar-refractivity contribution in [2.45, 2.75) is 23.9 Å². The quantitative estimate of drug-likeness (QED) is 0.547. The third-order valence-electron chi connectivity index (χ3n) is 5.18. The zero-order valence-corrected chi connectivity index (χ0v) is 18.7. The SMILES string of the molecule is O=S(=O)(NCC(c1ccsc1)N1CCc2ccccc2C1)c1cc(Cl)ccc1Cl. The fraction of sp³-hybridized carbons (Fsp3) is 0.238. The fourth-order valence-corrected chi connectivity index (χ4v) is 6.16. The first-order chi connectivity index (χ1) is 13.9. The highest BCUT2D eigenvalue weighted by Crippen LogP contribution is 2.30. The predicted octanol–water partition coefficient (Wildman–Crippen LogP) is 5.13. The standard InChI is InChI=1S/C21H20Cl2N2O2S2/c22-18-5-6-19(23)21(11-18)29(26,27)24-12-20(17-8-10-28-14-17)25-9-7-15-3-1-2-4-16(15)13-25/h1-6,8,10-11,14,20,24H,7,9,12-13H2. The molecule has 0 radical (unpaired) electrons. The number of hydrogen-bond donors (Lipinski definition) is 1. The Balaban J connectivity index is 1.57. The molecule has 4 nitrogen and oxygen atoms in total. The minimum absolute atomic E-state index is 0.000255. The molecule has 152 valence electrons. The molecule has 2 heterocycles. The van der Waals surface area contributed by atoms with Gasteiger partial charge < -0.3 is 0 Å². The van der Waals surface area contributed by atoms with Crippen LogP contribution in [0.5, 0.6) is 0 Å². The molecule has 1 atom stereocenters. The minimum Gasteiger partial charge on any atom is -0.290 e.